The highest BCUT2D eigenvalue weighted by Gasteiger charge is 2.16. The van der Waals surface area contributed by atoms with E-state index in [4.69, 9.17) is 9.47 Å². The molecule has 20 heavy (non-hydrogen) atoms. The van der Waals surface area contributed by atoms with Crippen molar-refractivity contribution in [2.24, 2.45) is 0 Å². The Balaban J connectivity index is 1.91. The first-order chi connectivity index (χ1) is 9.78. The molecular weight excluding hydrogens is 252 g/mol. The smallest absolute Gasteiger partial charge is 0.161 e. The molecule has 0 radical (unpaired) electrons. The molecule has 0 spiro atoms. The lowest BCUT2D eigenvalue weighted by Gasteiger charge is -2.20. The third-order valence-corrected chi connectivity index (χ3v) is 3.56. The highest BCUT2D eigenvalue weighted by atomic mass is 16.6. The number of aliphatic hydroxyl groups excluding tert-OH is 1. The second kappa shape index (κ2) is 5.55. The van der Waals surface area contributed by atoms with Gasteiger partial charge in [-0.2, -0.15) is 0 Å². The molecule has 1 heterocycles. The highest BCUT2D eigenvalue weighted by Crippen LogP contribution is 2.34. The number of hydrogen-bond donors (Lipinski definition) is 1. The van der Waals surface area contributed by atoms with E-state index in [2.05, 4.69) is 13.0 Å². The van der Waals surface area contributed by atoms with Crippen molar-refractivity contribution in [2.45, 2.75) is 19.4 Å². The minimum atomic E-state index is -0.641. The maximum atomic E-state index is 10.5. The molecule has 1 atom stereocenters. The molecule has 3 rings (SSSR count). The minimum absolute atomic E-state index is 0.553. The van der Waals surface area contributed by atoms with Crippen molar-refractivity contribution >= 4 is 0 Å². The topological polar surface area (TPSA) is 38.7 Å². The average molecular weight is 270 g/mol. The van der Waals surface area contributed by atoms with Gasteiger partial charge in [0.2, 0.25) is 0 Å². The lowest BCUT2D eigenvalue weighted by molar-refractivity contribution is 0.169. The fourth-order valence-corrected chi connectivity index (χ4v) is 2.41. The van der Waals surface area contributed by atoms with E-state index in [0.717, 1.165) is 23.3 Å². The Bertz CT molecular complexity index is 607. The van der Waals surface area contributed by atoms with E-state index >= 15 is 0 Å². The summed E-state index contributed by atoms with van der Waals surface area (Å²) in [5, 5.41) is 10.5. The monoisotopic (exact) mass is 270 g/mol. The number of ether oxygens (including phenoxy) is 2. The van der Waals surface area contributed by atoms with E-state index in [9.17, 15) is 5.11 Å². The summed E-state index contributed by atoms with van der Waals surface area (Å²) < 4.78 is 11.1. The van der Waals surface area contributed by atoms with Gasteiger partial charge in [-0.3, -0.25) is 0 Å². The zero-order chi connectivity index (χ0) is 13.9. The summed E-state index contributed by atoms with van der Waals surface area (Å²) >= 11 is 0. The number of rotatable bonds is 3. The van der Waals surface area contributed by atoms with Crippen LogP contribution in [0.15, 0.2) is 42.5 Å². The summed E-state index contributed by atoms with van der Waals surface area (Å²) in [6.45, 7) is 3.24. The van der Waals surface area contributed by atoms with Crippen molar-refractivity contribution in [3.8, 4) is 11.5 Å². The number of aryl methyl sites for hydroxylation is 1. The van der Waals surface area contributed by atoms with Crippen LogP contribution in [0.5, 0.6) is 11.5 Å². The molecule has 3 heteroatoms. The quantitative estimate of drug-likeness (QED) is 0.931. The van der Waals surface area contributed by atoms with Crippen LogP contribution >= 0.6 is 0 Å². The summed E-state index contributed by atoms with van der Waals surface area (Å²) in [6.07, 6.45) is 0.319. The van der Waals surface area contributed by atoms with Gasteiger partial charge in [-0.1, -0.05) is 37.3 Å². The predicted octanol–water partition coefficient (Wildman–Crippen LogP) is 3.10. The first-order valence-corrected chi connectivity index (χ1v) is 6.94. The molecular formula is C17H18O3. The molecule has 0 amide bonds. The van der Waals surface area contributed by atoms with Gasteiger partial charge in [-0.15, -0.1) is 0 Å². The van der Waals surface area contributed by atoms with Crippen LogP contribution in [0.3, 0.4) is 0 Å². The fraction of sp³-hybridized carbons (Fsp3) is 0.294. The first-order valence-electron chi connectivity index (χ1n) is 6.94. The van der Waals surface area contributed by atoms with Crippen molar-refractivity contribution in [3.63, 3.8) is 0 Å². The number of hydrogen-bond acceptors (Lipinski definition) is 3. The minimum Gasteiger partial charge on any atom is -0.486 e. The molecule has 2 aromatic carbocycles. The van der Waals surface area contributed by atoms with Gasteiger partial charge in [0, 0.05) is 0 Å². The molecule has 104 valence electrons. The molecule has 1 unspecified atom stereocenters. The molecule has 0 saturated carbocycles. The standard InChI is InChI=1S/C17H18O3/c1-2-12-4-3-5-13(10-12)17(18)14-6-7-15-16(11-14)20-9-8-19-15/h3-7,10-11,17-18H,2,8-9H2,1H3. The molecule has 0 aliphatic carbocycles. The van der Waals surface area contributed by atoms with Crippen LogP contribution in [-0.2, 0) is 6.42 Å². The van der Waals surface area contributed by atoms with Gasteiger partial charge in [0.15, 0.2) is 11.5 Å². The van der Waals surface area contributed by atoms with Gasteiger partial charge in [0.1, 0.15) is 19.3 Å². The van der Waals surface area contributed by atoms with E-state index in [0.29, 0.717) is 19.0 Å². The fourth-order valence-electron chi connectivity index (χ4n) is 2.41. The summed E-state index contributed by atoms with van der Waals surface area (Å²) in [6, 6.07) is 13.6. The van der Waals surface area contributed by atoms with Crippen LogP contribution in [0.4, 0.5) is 0 Å². The van der Waals surface area contributed by atoms with Crippen LogP contribution < -0.4 is 9.47 Å². The zero-order valence-corrected chi connectivity index (χ0v) is 11.5. The zero-order valence-electron chi connectivity index (χ0n) is 11.5. The van der Waals surface area contributed by atoms with Gasteiger partial charge in [-0.05, 0) is 35.2 Å². The lowest BCUT2D eigenvalue weighted by atomic mass is 9.98. The summed E-state index contributed by atoms with van der Waals surface area (Å²) in [7, 11) is 0. The Hall–Kier alpha value is -2.00. The Morgan fingerprint density at radius 3 is 2.55 bits per heavy atom. The lowest BCUT2D eigenvalue weighted by Crippen LogP contribution is -2.15. The second-order valence-corrected chi connectivity index (χ2v) is 4.90. The van der Waals surface area contributed by atoms with Crippen LogP contribution in [0.1, 0.15) is 29.7 Å². The number of benzene rings is 2. The van der Waals surface area contributed by atoms with Gasteiger partial charge < -0.3 is 14.6 Å². The van der Waals surface area contributed by atoms with Gasteiger partial charge in [-0.25, -0.2) is 0 Å². The molecule has 3 nitrogen and oxygen atoms in total. The largest absolute Gasteiger partial charge is 0.486 e. The first kappa shape index (κ1) is 13.0. The van der Waals surface area contributed by atoms with E-state index in [1.165, 1.54) is 5.56 Å². The summed E-state index contributed by atoms with van der Waals surface area (Å²) in [5.74, 6) is 1.45. The molecule has 0 bridgehead atoms. The third kappa shape index (κ3) is 2.49. The number of aliphatic hydroxyl groups is 1. The molecule has 1 N–H and O–H groups in total. The highest BCUT2D eigenvalue weighted by molar-refractivity contribution is 5.46. The maximum Gasteiger partial charge on any atom is 0.161 e. The summed E-state index contributed by atoms with van der Waals surface area (Å²) in [5.41, 5.74) is 2.95. The Kier molecular flexibility index (Phi) is 3.61. The Labute approximate surface area is 118 Å². The Morgan fingerprint density at radius 1 is 1.00 bits per heavy atom. The van der Waals surface area contributed by atoms with E-state index < -0.39 is 6.10 Å². The molecule has 1 aliphatic rings. The van der Waals surface area contributed by atoms with Crippen molar-refractivity contribution in [2.75, 3.05) is 13.2 Å². The van der Waals surface area contributed by atoms with E-state index in [-0.39, 0.29) is 0 Å². The van der Waals surface area contributed by atoms with Crippen LogP contribution in [-0.4, -0.2) is 18.3 Å². The predicted molar refractivity (Wildman–Crippen MR) is 77.3 cm³/mol. The van der Waals surface area contributed by atoms with Crippen molar-refractivity contribution in [1.29, 1.82) is 0 Å². The van der Waals surface area contributed by atoms with Crippen molar-refractivity contribution < 1.29 is 14.6 Å². The van der Waals surface area contributed by atoms with Crippen LogP contribution in [0, 0.1) is 0 Å². The Morgan fingerprint density at radius 2 is 1.75 bits per heavy atom. The second-order valence-electron chi connectivity index (χ2n) is 4.90. The molecule has 0 aromatic heterocycles. The van der Waals surface area contributed by atoms with Crippen molar-refractivity contribution in [1.82, 2.24) is 0 Å². The molecule has 0 fully saturated rings. The third-order valence-electron chi connectivity index (χ3n) is 3.56. The number of fused-ring (bicyclic) bond motifs is 1. The van der Waals surface area contributed by atoms with Crippen LogP contribution in [0.25, 0.3) is 0 Å². The van der Waals surface area contributed by atoms with E-state index in [1.54, 1.807) is 0 Å². The molecule has 1 aliphatic heterocycles. The van der Waals surface area contributed by atoms with Gasteiger partial charge >= 0.3 is 0 Å². The van der Waals surface area contributed by atoms with Gasteiger partial charge in [0.25, 0.3) is 0 Å². The van der Waals surface area contributed by atoms with Crippen LogP contribution in [0.2, 0.25) is 0 Å². The summed E-state index contributed by atoms with van der Waals surface area (Å²) in [4.78, 5) is 0. The average Bonchev–Trinajstić information content (AvgIpc) is 2.53. The normalized spacial score (nSPS) is 14.9. The van der Waals surface area contributed by atoms with E-state index in [1.807, 2.05) is 36.4 Å². The SMILES string of the molecule is CCc1cccc(C(O)c2ccc3c(c2)OCCO3)c1. The van der Waals surface area contributed by atoms with Crippen molar-refractivity contribution in [3.05, 3.63) is 59.2 Å². The van der Waals surface area contributed by atoms with Gasteiger partial charge in [0.05, 0.1) is 0 Å². The molecule has 0 saturated heterocycles. The maximum absolute atomic E-state index is 10.5. The molecule has 2 aromatic rings.